The number of hydrogen-bond donors (Lipinski definition) is 2. The summed E-state index contributed by atoms with van der Waals surface area (Å²) >= 11 is 0. The van der Waals surface area contributed by atoms with Crippen molar-refractivity contribution < 1.29 is 23.9 Å². The summed E-state index contributed by atoms with van der Waals surface area (Å²) in [5.74, 6) is -2.53. The Morgan fingerprint density at radius 1 is 1.15 bits per heavy atom. The molecule has 1 aromatic carbocycles. The largest absolute Gasteiger partial charge is 0.451 e. The van der Waals surface area contributed by atoms with Gasteiger partial charge in [-0.15, -0.1) is 0 Å². The van der Waals surface area contributed by atoms with Crippen molar-refractivity contribution in [2.45, 2.75) is 12.8 Å². The lowest BCUT2D eigenvalue weighted by atomic mass is 10.1. The number of fused-ring (bicyclic) bond motifs is 1. The highest BCUT2D eigenvalue weighted by Gasteiger charge is 2.23. The highest BCUT2D eigenvalue weighted by Crippen LogP contribution is 2.13. The average Bonchev–Trinajstić information content (AvgIpc) is 3.05. The molecular formula is C17H16N4O6. The van der Waals surface area contributed by atoms with Gasteiger partial charge in [0, 0.05) is 18.4 Å². The van der Waals surface area contributed by atoms with E-state index >= 15 is 0 Å². The van der Waals surface area contributed by atoms with Crippen LogP contribution < -0.4 is 10.9 Å². The molecule has 10 heteroatoms. The molecular weight excluding hydrogens is 356 g/mol. The number of ether oxygens (including phenoxy) is 1. The maximum Gasteiger partial charge on any atom is 0.359 e. The first kappa shape index (κ1) is 18.2. The average molecular weight is 372 g/mol. The van der Waals surface area contributed by atoms with Crippen LogP contribution in [-0.4, -0.2) is 58.5 Å². The zero-order valence-corrected chi connectivity index (χ0v) is 14.2. The predicted octanol–water partition coefficient (Wildman–Crippen LogP) is -0.655. The lowest BCUT2D eigenvalue weighted by Crippen LogP contribution is -2.42. The third-order valence-electron chi connectivity index (χ3n) is 4.01. The number of nitrogens with zero attached hydrogens (tertiary/aromatic N) is 2. The smallest absolute Gasteiger partial charge is 0.359 e. The Balaban J connectivity index is 1.57. The molecule has 0 atom stereocenters. The number of aromatic amines is 1. The predicted molar refractivity (Wildman–Crippen MR) is 91.6 cm³/mol. The van der Waals surface area contributed by atoms with Crippen molar-refractivity contribution in [1.29, 1.82) is 0 Å². The van der Waals surface area contributed by atoms with E-state index in [2.05, 4.69) is 15.5 Å². The fourth-order valence-corrected chi connectivity index (χ4v) is 2.75. The number of likely N-dealkylation sites (tertiary alicyclic amines) is 1. The minimum atomic E-state index is -0.917. The second kappa shape index (κ2) is 7.77. The van der Waals surface area contributed by atoms with Gasteiger partial charge in [-0.3, -0.25) is 24.5 Å². The maximum atomic E-state index is 12.2. The normalized spacial score (nSPS) is 13.6. The molecule has 3 rings (SSSR count). The number of H-pyrrole nitrogens is 1. The van der Waals surface area contributed by atoms with Gasteiger partial charge in [0.05, 0.1) is 11.9 Å². The molecule has 0 saturated carbocycles. The van der Waals surface area contributed by atoms with Crippen LogP contribution in [-0.2, 0) is 19.1 Å². The summed E-state index contributed by atoms with van der Waals surface area (Å²) < 4.78 is 4.86. The van der Waals surface area contributed by atoms with E-state index in [4.69, 9.17) is 4.74 Å². The van der Waals surface area contributed by atoms with E-state index < -0.39 is 29.9 Å². The molecule has 1 aromatic heterocycles. The third-order valence-corrected chi connectivity index (χ3v) is 4.01. The zero-order valence-electron chi connectivity index (χ0n) is 14.2. The van der Waals surface area contributed by atoms with E-state index in [1.807, 2.05) is 0 Å². The van der Waals surface area contributed by atoms with Gasteiger partial charge in [0.15, 0.2) is 12.3 Å². The second-order valence-corrected chi connectivity index (χ2v) is 5.91. The van der Waals surface area contributed by atoms with E-state index in [1.54, 1.807) is 12.1 Å². The lowest BCUT2D eigenvalue weighted by molar-refractivity contribution is -0.137. The molecule has 140 valence electrons. The monoisotopic (exact) mass is 372 g/mol. The molecule has 1 saturated heterocycles. The van der Waals surface area contributed by atoms with Gasteiger partial charge in [0.2, 0.25) is 11.8 Å². The van der Waals surface area contributed by atoms with Gasteiger partial charge in [-0.25, -0.2) is 9.89 Å². The Labute approximate surface area is 152 Å². The minimum Gasteiger partial charge on any atom is -0.451 e. The van der Waals surface area contributed by atoms with Gasteiger partial charge in [0.1, 0.15) is 0 Å². The zero-order chi connectivity index (χ0) is 19.4. The van der Waals surface area contributed by atoms with E-state index in [0.717, 1.165) is 0 Å². The molecule has 27 heavy (non-hydrogen) atoms. The summed E-state index contributed by atoms with van der Waals surface area (Å²) in [6.07, 6.45) is 1.07. The fraction of sp³-hybridized carbons (Fsp3) is 0.294. The Hall–Kier alpha value is -3.56. The SMILES string of the molecule is O=C(COC(=O)c1n[nH]c(=O)c2ccccc12)NC(=O)CN1CCCC1=O. The number of nitrogens with one attached hydrogen (secondary N) is 2. The van der Waals surface area contributed by atoms with Crippen LogP contribution in [0.15, 0.2) is 29.1 Å². The van der Waals surface area contributed by atoms with Gasteiger partial charge in [-0.05, 0) is 12.5 Å². The van der Waals surface area contributed by atoms with Crippen molar-refractivity contribution in [3.63, 3.8) is 0 Å². The number of carbonyl (C=O) groups excluding carboxylic acids is 4. The number of esters is 1. The molecule has 2 N–H and O–H groups in total. The summed E-state index contributed by atoms with van der Waals surface area (Å²) in [4.78, 5) is 60.2. The summed E-state index contributed by atoms with van der Waals surface area (Å²) in [6, 6.07) is 6.32. The van der Waals surface area contributed by atoms with Crippen LogP contribution in [0, 0.1) is 0 Å². The molecule has 1 fully saturated rings. The molecule has 1 aliphatic heterocycles. The van der Waals surface area contributed by atoms with Crippen molar-refractivity contribution >= 4 is 34.5 Å². The maximum absolute atomic E-state index is 12.2. The van der Waals surface area contributed by atoms with Crippen LogP contribution >= 0.6 is 0 Å². The van der Waals surface area contributed by atoms with E-state index in [1.165, 1.54) is 17.0 Å². The van der Waals surface area contributed by atoms with Crippen LogP contribution in [0.5, 0.6) is 0 Å². The molecule has 0 spiro atoms. The van der Waals surface area contributed by atoms with Gasteiger partial charge in [-0.1, -0.05) is 18.2 Å². The molecule has 0 radical (unpaired) electrons. The Morgan fingerprint density at radius 2 is 1.89 bits per heavy atom. The van der Waals surface area contributed by atoms with Crippen molar-refractivity contribution in [1.82, 2.24) is 20.4 Å². The molecule has 2 heterocycles. The summed E-state index contributed by atoms with van der Waals surface area (Å²) in [7, 11) is 0. The van der Waals surface area contributed by atoms with Gasteiger partial charge in [0.25, 0.3) is 11.5 Å². The number of hydrogen-bond acceptors (Lipinski definition) is 7. The first-order valence-electron chi connectivity index (χ1n) is 8.20. The Bertz CT molecular complexity index is 983. The molecule has 10 nitrogen and oxygen atoms in total. The molecule has 1 aliphatic rings. The highest BCUT2D eigenvalue weighted by molar-refractivity contribution is 6.03. The van der Waals surface area contributed by atoms with E-state index in [9.17, 15) is 24.0 Å². The number of imide groups is 1. The van der Waals surface area contributed by atoms with Crippen molar-refractivity contribution in [2.75, 3.05) is 19.7 Å². The first-order valence-corrected chi connectivity index (χ1v) is 8.20. The molecule has 2 aromatic rings. The van der Waals surface area contributed by atoms with Crippen molar-refractivity contribution in [2.24, 2.45) is 0 Å². The molecule has 0 unspecified atom stereocenters. The van der Waals surface area contributed by atoms with Crippen molar-refractivity contribution in [3.8, 4) is 0 Å². The highest BCUT2D eigenvalue weighted by atomic mass is 16.5. The van der Waals surface area contributed by atoms with E-state index in [-0.39, 0.29) is 28.9 Å². The summed E-state index contributed by atoms with van der Waals surface area (Å²) in [5.41, 5.74) is -0.603. The fourth-order valence-electron chi connectivity index (χ4n) is 2.75. The van der Waals surface area contributed by atoms with Gasteiger partial charge < -0.3 is 9.64 Å². The van der Waals surface area contributed by atoms with Crippen LogP contribution in [0.2, 0.25) is 0 Å². The van der Waals surface area contributed by atoms with Crippen LogP contribution in [0.4, 0.5) is 0 Å². The third kappa shape index (κ3) is 4.17. The van der Waals surface area contributed by atoms with E-state index in [0.29, 0.717) is 19.4 Å². The van der Waals surface area contributed by atoms with Crippen LogP contribution in [0.25, 0.3) is 10.8 Å². The lowest BCUT2D eigenvalue weighted by Gasteiger charge is -2.14. The second-order valence-electron chi connectivity index (χ2n) is 5.91. The summed E-state index contributed by atoms with van der Waals surface area (Å²) in [5, 5.41) is 8.46. The summed E-state index contributed by atoms with van der Waals surface area (Å²) in [6.45, 7) is -0.446. The van der Waals surface area contributed by atoms with Crippen LogP contribution in [0.3, 0.4) is 0 Å². The standard InChI is InChI=1S/C17H16N4O6/c22-12(8-21-7-3-6-14(21)24)18-13(23)9-27-17(26)15-10-4-1-2-5-11(10)16(25)20-19-15/h1-2,4-5H,3,6-9H2,(H,20,25)(H,18,22,23). The minimum absolute atomic E-state index is 0.139. The quantitative estimate of drug-likeness (QED) is 0.665. The van der Waals surface area contributed by atoms with Gasteiger partial charge >= 0.3 is 5.97 Å². The number of benzene rings is 1. The first-order chi connectivity index (χ1) is 13.0. The number of carbonyl (C=O) groups is 4. The van der Waals surface area contributed by atoms with Gasteiger partial charge in [-0.2, -0.15) is 5.10 Å². The number of amides is 3. The number of rotatable bonds is 5. The topological polar surface area (TPSA) is 139 Å². The van der Waals surface area contributed by atoms with Crippen LogP contribution in [0.1, 0.15) is 23.3 Å². The Kier molecular flexibility index (Phi) is 5.25. The number of aromatic nitrogens is 2. The Morgan fingerprint density at radius 3 is 2.59 bits per heavy atom. The molecule has 0 aliphatic carbocycles. The van der Waals surface area contributed by atoms with Crippen molar-refractivity contribution in [3.05, 3.63) is 40.3 Å². The molecule has 0 bridgehead atoms. The molecule has 3 amide bonds.